The van der Waals surface area contributed by atoms with E-state index in [1.54, 1.807) is 24.3 Å². The van der Waals surface area contributed by atoms with Crippen LogP contribution in [0.1, 0.15) is 6.92 Å². The van der Waals surface area contributed by atoms with Crippen molar-refractivity contribution < 1.29 is 23.4 Å². The molecule has 136 valence electrons. The van der Waals surface area contributed by atoms with Gasteiger partial charge in [-0.1, -0.05) is 0 Å². The molecule has 0 radical (unpaired) electrons. The van der Waals surface area contributed by atoms with E-state index in [2.05, 4.69) is 10.3 Å². The summed E-state index contributed by atoms with van der Waals surface area (Å²) in [6, 6.07) is 8.77. The van der Waals surface area contributed by atoms with Gasteiger partial charge in [0.1, 0.15) is 18.5 Å². The number of carbonyl (C=O) groups excluding carboxylic acids is 1. The minimum absolute atomic E-state index is 0.00281. The third kappa shape index (κ3) is 4.15. The number of hydrogen-bond donors (Lipinski definition) is 2. The second-order valence-corrected chi connectivity index (χ2v) is 5.82. The lowest BCUT2D eigenvalue weighted by Gasteiger charge is -2.14. The van der Waals surface area contributed by atoms with Gasteiger partial charge in [0.25, 0.3) is 0 Å². The number of aliphatic hydroxyl groups is 1. The smallest absolute Gasteiger partial charge is 0.221 e. The van der Waals surface area contributed by atoms with Crippen LogP contribution in [-0.4, -0.2) is 33.3 Å². The van der Waals surface area contributed by atoms with Gasteiger partial charge in [0.15, 0.2) is 11.6 Å². The molecular weight excluding hydrogens is 344 g/mol. The van der Waals surface area contributed by atoms with Crippen LogP contribution in [0.4, 0.5) is 14.5 Å². The van der Waals surface area contributed by atoms with Gasteiger partial charge in [-0.2, -0.15) is 0 Å². The number of rotatable bonds is 6. The highest BCUT2D eigenvalue weighted by molar-refractivity contribution is 5.88. The standard InChI is InChI=1S/C18H17F2N3O3/c1-11(24)22-12-2-4-14(5-3-12)26-9-13(25)8-23-10-21-17-6-15(19)16(20)7-18(17)23/h2-7,10,13,25H,8-9H2,1H3,(H,22,24)/t13-/m0/s1. The molecular formula is C18H17F2N3O3. The Morgan fingerprint density at radius 3 is 2.65 bits per heavy atom. The van der Waals surface area contributed by atoms with E-state index in [1.165, 1.54) is 17.8 Å². The van der Waals surface area contributed by atoms with Crippen LogP contribution < -0.4 is 10.1 Å². The van der Waals surface area contributed by atoms with E-state index >= 15 is 0 Å². The number of amides is 1. The summed E-state index contributed by atoms with van der Waals surface area (Å²) in [5.74, 6) is -1.57. The van der Waals surface area contributed by atoms with E-state index in [1.807, 2.05) is 0 Å². The normalized spacial score (nSPS) is 12.2. The number of nitrogens with zero attached hydrogens (tertiary/aromatic N) is 2. The zero-order chi connectivity index (χ0) is 18.7. The van der Waals surface area contributed by atoms with Crippen molar-refractivity contribution in [2.75, 3.05) is 11.9 Å². The van der Waals surface area contributed by atoms with E-state index in [0.29, 0.717) is 22.5 Å². The molecule has 6 nitrogen and oxygen atoms in total. The summed E-state index contributed by atoms with van der Waals surface area (Å²) in [6.45, 7) is 1.54. The maximum absolute atomic E-state index is 13.4. The van der Waals surface area contributed by atoms with Gasteiger partial charge in [-0.25, -0.2) is 13.8 Å². The topological polar surface area (TPSA) is 76.4 Å². The Morgan fingerprint density at radius 2 is 1.96 bits per heavy atom. The monoisotopic (exact) mass is 361 g/mol. The molecule has 8 heteroatoms. The van der Waals surface area contributed by atoms with Crippen LogP contribution in [0, 0.1) is 11.6 Å². The van der Waals surface area contributed by atoms with E-state index in [-0.39, 0.29) is 19.1 Å². The summed E-state index contributed by atoms with van der Waals surface area (Å²) < 4.78 is 33.6. The fraction of sp³-hybridized carbons (Fsp3) is 0.222. The van der Waals surface area contributed by atoms with Gasteiger partial charge < -0.3 is 19.7 Å². The molecule has 0 bridgehead atoms. The molecule has 2 N–H and O–H groups in total. The number of aliphatic hydroxyl groups excluding tert-OH is 1. The van der Waals surface area contributed by atoms with Crippen molar-refractivity contribution in [2.45, 2.75) is 19.6 Å². The number of hydrogen-bond acceptors (Lipinski definition) is 4. The first kappa shape index (κ1) is 17.8. The molecule has 0 saturated carbocycles. The largest absolute Gasteiger partial charge is 0.491 e. The number of fused-ring (bicyclic) bond motifs is 1. The van der Waals surface area contributed by atoms with Crippen LogP contribution in [-0.2, 0) is 11.3 Å². The number of halogens is 2. The molecule has 0 aliphatic rings. The lowest BCUT2D eigenvalue weighted by atomic mass is 10.2. The number of anilines is 1. The van der Waals surface area contributed by atoms with Crippen LogP contribution in [0.2, 0.25) is 0 Å². The summed E-state index contributed by atoms with van der Waals surface area (Å²) in [5.41, 5.74) is 1.35. The summed E-state index contributed by atoms with van der Waals surface area (Å²) >= 11 is 0. The van der Waals surface area contributed by atoms with Crippen LogP contribution in [0.25, 0.3) is 11.0 Å². The Labute approximate surface area is 148 Å². The maximum atomic E-state index is 13.4. The molecule has 0 unspecified atom stereocenters. The second kappa shape index (κ2) is 7.49. The Bertz CT molecular complexity index is 925. The fourth-order valence-corrected chi connectivity index (χ4v) is 2.51. The molecule has 0 aliphatic carbocycles. The third-order valence-electron chi connectivity index (χ3n) is 3.69. The maximum Gasteiger partial charge on any atom is 0.221 e. The van der Waals surface area contributed by atoms with Crippen LogP contribution in [0.5, 0.6) is 5.75 Å². The zero-order valence-corrected chi connectivity index (χ0v) is 13.9. The molecule has 0 aliphatic heterocycles. The lowest BCUT2D eigenvalue weighted by Crippen LogP contribution is -2.23. The molecule has 1 atom stereocenters. The molecule has 3 aromatic rings. The summed E-state index contributed by atoms with van der Waals surface area (Å²) in [6.07, 6.45) is 0.533. The number of carbonyl (C=O) groups is 1. The molecule has 1 amide bonds. The van der Waals surface area contributed by atoms with Gasteiger partial charge in [0.05, 0.1) is 23.9 Å². The minimum atomic E-state index is -0.968. The Hall–Kier alpha value is -3.00. The highest BCUT2D eigenvalue weighted by Crippen LogP contribution is 2.19. The van der Waals surface area contributed by atoms with Crippen molar-refractivity contribution in [1.29, 1.82) is 0 Å². The highest BCUT2D eigenvalue weighted by atomic mass is 19.2. The third-order valence-corrected chi connectivity index (χ3v) is 3.69. The summed E-state index contributed by atoms with van der Waals surface area (Å²) in [4.78, 5) is 15.0. The zero-order valence-electron chi connectivity index (χ0n) is 13.9. The quantitative estimate of drug-likeness (QED) is 0.708. The molecule has 1 aromatic heterocycles. The van der Waals surface area contributed by atoms with Gasteiger partial charge >= 0.3 is 0 Å². The Balaban J connectivity index is 1.60. The van der Waals surface area contributed by atoms with Crippen LogP contribution >= 0.6 is 0 Å². The predicted octanol–water partition coefficient (Wildman–Crippen LogP) is 2.71. The van der Waals surface area contributed by atoms with Crippen LogP contribution in [0.3, 0.4) is 0 Å². The molecule has 0 spiro atoms. The van der Waals surface area contributed by atoms with Gasteiger partial charge in [-0.3, -0.25) is 4.79 Å². The van der Waals surface area contributed by atoms with Crippen molar-refractivity contribution in [1.82, 2.24) is 9.55 Å². The van der Waals surface area contributed by atoms with Crippen LogP contribution in [0.15, 0.2) is 42.7 Å². The van der Waals surface area contributed by atoms with Gasteiger partial charge in [0, 0.05) is 24.7 Å². The predicted molar refractivity (Wildman–Crippen MR) is 91.9 cm³/mol. The molecule has 2 aromatic carbocycles. The van der Waals surface area contributed by atoms with E-state index in [0.717, 1.165) is 12.1 Å². The Kier molecular flexibility index (Phi) is 5.13. The van der Waals surface area contributed by atoms with Crippen molar-refractivity contribution in [2.24, 2.45) is 0 Å². The van der Waals surface area contributed by atoms with E-state index in [4.69, 9.17) is 4.74 Å². The van der Waals surface area contributed by atoms with Crippen molar-refractivity contribution in [3.8, 4) is 5.75 Å². The molecule has 0 fully saturated rings. The number of nitrogens with one attached hydrogen (secondary N) is 1. The number of imidazole rings is 1. The van der Waals surface area contributed by atoms with Gasteiger partial charge in [-0.05, 0) is 24.3 Å². The SMILES string of the molecule is CC(=O)Nc1ccc(OC[C@@H](O)Cn2cnc3cc(F)c(F)cc32)cc1. The fourth-order valence-electron chi connectivity index (χ4n) is 2.51. The molecule has 3 rings (SSSR count). The number of aromatic nitrogens is 2. The van der Waals surface area contributed by atoms with Crippen molar-refractivity contribution >= 4 is 22.6 Å². The first-order valence-corrected chi connectivity index (χ1v) is 7.91. The average molecular weight is 361 g/mol. The van der Waals surface area contributed by atoms with E-state index < -0.39 is 17.7 Å². The van der Waals surface area contributed by atoms with Gasteiger partial charge in [0.2, 0.25) is 5.91 Å². The summed E-state index contributed by atoms with van der Waals surface area (Å²) in [5, 5.41) is 12.8. The Morgan fingerprint density at radius 1 is 1.27 bits per heavy atom. The first-order valence-electron chi connectivity index (χ1n) is 7.91. The minimum Gasteiger partial charge on any atom is -0.491 e. The lowest BCUT2D eigenvalue weighted by molar-refractivity contribution is -0.114. The van der Waals surface area contributed by atoms with E-state index in [9.17, 15) is 18.7 Å². The summed E-state index contributed by atoms with van der Waals surface area (Å²) in [7, 11) is 0. The number of benzene rings is 2. The highest BCUT2D eigenvalue weighted by Gasteiger charge is 2.12. The molecule has 26 heavy (non-hydrogen) atoms. The second-order valence-electron chi connectivity index (χ2n) is 5.82. The number of ether oxygens (including phenoxy) is 1. The average Bonchev–Trinajstić information content (AvgIpc) is 2.96. The van der Waals surface area contributed by atoms with Crippen molar-refractivity contribution in [3.63, 3.8) is 0 Å². The first-order chi connectivity index (χ1) is 12.4. The molecule has 1 heterocycles. The molecule has 0 saturated heterocycles. The van der Waals surface area contributed by atoms with Crippen molar-refractivity contribution in [3.05, 3.63) is 54.4 Å². The van der Waals surface area contributed by atoms with Gasteiger partial charge in [-0.15, -0.1) is 0 Å².